The van der Waals surface area contributed by atoms with Crippen LogP contribution in [0.4, 0.5) is 0 Å². The lowest BCUT2D eigenvalue weighted by atomic mass is 9.91. The van der Waals surface area contributed by atoms with Crippen LogP contribution in [-0.4, -0.2) is 18.6 Å². The summed E-state index contributed by atoms with van der Waals surface area (Å²) in [5.41, 5.74) is 2.70. The number of benzene rings is 1. The number of hydrogen-bond acceptors (Lipinski definition) is 3. The highest BCUT2D eigenvalue weighted by Gasteiger charge is 2.24. The predicted molar refractivity (Wildman–Crippen MR) is 88.7 cm³/mol. The normalized spacial score (nSPS) is 18.0. The van der Waals surface area contributed by atoms with Crippen LogP contribution in [0.1, 0.15) is 39.9 Å². The molecule has 3 rings (SSSR count). The lowest BCUT2D eigenvalue weighted by Gasteiger charge is -2.20. The van der Waals surface area contributed by atoms with E-state index in [4.69, 9.17) is 4.98 Å². The maximum Gasteiger partial charge on any atom is 0.0975 e. The number of likely N-dealkylation sites (N-methyl/N-ethyl adjacent to an activating group) is 1. The Kier molecular flexibility index (Phi) is 4.54. The van der Waals surface area contributed by atoms with Gasteiger partial charge in [0.05, 0.1) is 10.7 Å². The van der Waals surface area contributed by atoms with E-state index in [1.165, 1.54) is 40.4 Å². The molecule has 1 N–H and O–H groups in total. The summed E-state index contributed by atoms with van der Waals surface area (Å²) in [6, 6.07) is 8.56. The highest BCUT2D eigenvalue weighted by molar-refractivity contribution is 9.10. The third kappa shape index (κ3) is 3.13. The minimum absolute atomic E-state index is 0.610. The predicted octanol–water partition coefficient (Wildman–Crippen LogP) is 4.14. The van der Waals surface area contributed by atoms with Crippen molar-refractivity contribution in [3.05, 3.63) is 49.9 Å². The molecule has 1 aromatic carbocycles. The SMILES string of the molecule is CNCC1CCCc2sc(Cc3ccc(Br)cc3)nc21. The summed E-state index contributed by atoms with van der Waals surface area (Å²) in [6.45, 7) is 1.05. The summed E-state index contributed by atoms with van der Waals surface area (Å²) >= 11 is 5.40. The molecule has 1 heterocycles. The zero-order valence-electron chi connectivity index (χ0n) is 11.7. The molecule has 0 aliphatic heterocycles. The minimum Gasteiger partial charge on any atom is -0.319 e. The van der Waals surface area contributed by atoms with Crippen molar-refractivity contribution in [2.45, 2.75) is 31.6 Å². The van der Waals surface area contributed by atoms with Gasteiger partial charge in [-0.1, -0.05) is 28.1 Å². The van der Waals surface area contributed by atoms with E-state index in [2.05, 4.69) is 45.5 Å². The highest BCUT2D eigenvalue weighted by Crippen LogP contribution is 2.35. The Labute approximate surface area is 132 Å². The van der Waals surface area contributed by atoms with Crippen LogP contribution in [0.2, 0.25) is 0 Å². The fourth-order valence-electron chi connectivity index (χ4n) is 2.86. The Morgan fingerprint density at radius 1 is 1.35 bits per heavy atom. The largest absolute Gasteiger partial charge is 0.319 e. The molecular formula is C16H19BrN2S. The second-order valence-electron chi connectivity index (χ2n) is 5.37. The van der Waals surface area contributed by atoms with Crippen LogP contribution in [0.25, 0.3) is 0 Å². The Bertz CT molecular complexity index is 577. The van der Waals surface area contributed by atoms with Crippen LogP contribution >= 0.6 is 27.3 Å². The van der Waals surface area contributed by atoms with E-state index >= 15 is 0 Å². The first kappa shape index (κ1) is 14.2. The molecule has 0 amide bonds. The smallest absolute Gasteiger partial charge is 0.0975 e. The van der Waals surface area contributed by atoms with Crippen molar-refractivity contribution >= 4 is 27.3 Å². The third-order valence-corrected chi connectivity index (χ3v) is 5.49. The first-order valence-electron chi connectivity index (χ1n) is 7.14. The quantitative estimate of drug-likeness (QED) is 0.896. The fraction of sp³-hybridized carbons (Fsp3) is 0.438. The van der Waals surface area contributed by atoms with E-state index in [0.717, 1.165) is 17.4 Å². The molecule has 0 saturated carbocycles. The zero-order valence-corrected chi connectivity index (χ0v) is 14.1. The molecule has 1 aliphatic carbocycles. The van der Waals surface area contributed by atoms with Crippen LogP contribution in [-0.2, 0) is 12.8 Å². The number of rotatable bonds is 4. The molecule has 106 valence electrons. The highest BCUT2D eigenvalue weighted by atomic mass is 79.9. The number of aromatic nitrogens is 1. The summed E-state index contributed by atoms with van der Waals surface area (Å²) in [7, 11) is 2.03. The van der Waals surface area contributed by atoms with Crippen LogP contribution in [0.15, 0.2) is 28.7 Å². The first-order chi connectivity index (χ1) is 9.76. The van der Waals surface area contributed by atoms with E-state index < -0.39 is 0 Å². The van der Waals surface area contributed by atoms with Crippen molar-refractivity contribution in [2.75, 3.05) is 13.6 Å². The summed E-state index contributed by atoms with van der Waals surface area (Å²) in [5, 5.41) is 4.57. The van der Waals surface area contributed by atoms with Crippen molar-refractivity contribution in [1.29, 1.82) is 0 Å². The van der Waals surface area contributed by atoms with Gasteiger partial charge >= 0.3 is 0 Å². The number of thiazole rings is 1. The average Bonchev–Trinajstić information content (AvgIpc) is 2.85. The molecule has 1 aromatic heterocycles. The van der Waals surface area contributed by atoms with E-state index in [9.17, 15) is 0 Å². The summed E-state index contributed by atoms with van der Waals surface area (Å²) in [4.78, 5) is 6.45. The number of fused-ring (bicyclic) bond motifs is 1. The van der Waals surface area contributed by atoms with Crippen molar-refractivity contribution in [1.82, 2.24) is 10.3 Å². The molecule has 0 fully saturated rings. The van der Waals surface area contributed by atoms with Crippen molar-refractivity contribution < 1.29 is 0 Å². The van der Waals surface area contributed by atoms with Gasteiger partial charge in [-0.05, 0) is 44.0 Å². The Morgan fingerprint density at radius 3 is 2.90 bits per heavy atom. The molecule has 2 aromatic rings. The second-order valence-corrected chi connectivity index (χ2v) is 7.45. The Morgan fingerprint density at radius 2 is 2.15 bits per heavy atom. The van der Waals surface area contributed by atoms with Gasteiger partial charge in [-0.2, -0.15) is 0 Å². The summed E-state index contributed by atoms with van der Waals surface area (Å²) in [6.07, 6.45) is 4.75. The number of nitrogens with zero attached hydrogens (tertiary/aromatic N) is 1. The van der Waals surface area contributed by atoms with E-state index in [1.807, 2.05) is 18.4 Å². The van der Waals surface area contributed by atoms with Crippen molar-refractivity contribution in [3.8, 4) is 0 Å². The Hall–Kier alpha value is -0.710. The molecule has 2 nitrogen and oxygen atoms in total. The van der Waals surface area contributed by atoms with Crippen molar-refractivity contribution in [2.24, 2.45) is 0 Å². The maximum absolute atomic E-state index is 4.94. The van der Waals surface area contributed by atoms with Gasteiger partial charge in [0.1, 0.15) is 0 Å². The van der Waals surface area contributed by atoms with E-state index in [0.29, 0.717) is 5.92 Å². The fourth-order valence-corrected chi connectivity index (χ4v) is 4.35. The van der Waals surface area contributed by atoms with Gasteiger partial charge in [0.2, 0.25) is 0 Å². The van der Waals surface area contributed by atoms with Crippen LogP contribution < -0.4 is 5.32 Å². The number of halogens is 1. The molecule has 20 heavy (non-hydrogen) atoms. The van der Waals surface area contributed by atoms with Gasteiger partial charge in [0, 0.05) is 28.2 Å². The number of hydrogen-bond donors (Lipinski definition) is 1. The number of aryl methyl sites for hydroxylation is 1. The topological polar surface area (TPSA) is 24.9 Å². The van der Waals surface area contributed by atoms with Crippen LogP contribution in [0.5, 0.6) is 0 Å². The standard InChI is InChI=1S/C16H19BrN2S/c1-18-10-12-3-2-4-14-16(12)19-15(20-14)9-11-5-7-13(17)8-6-11/h5-8,12,18H,2-4,9-10H2,1H3. The maximum atomic E-state index is 4.94. The van der Waals surface area contributed by atoms with Gasteiger partial charge < -0.3 is 5.32 Å². The molecule has 1 aliphatic rings. The third-order valence-electron chi connectivity index (χ3n) is 3.83. The molecule has 0 saturated heterocycles. The molecule has 0 radical (unpaired) electrons. The lowest BCUT2D eigenvalue weighted by molar-refractivity contribution is 0.522. The van der Waals surface area contributed by atoms with Gasteiger partial charge in [0.15, 0.2) is 0 Å². The number of nitrogens with one attached hydrogen (secondary N) is 1. The summed E-state index contributed by atoms with van der Waals surface area (Å²) < 4.78 is 1.13. The van der Waals surface area contributed by atoms with Crippen molar-refractivity contribution in [3.63, 3.8) is 0 Å². The summed E-state index contributed by atoms with van der Waals surface area (Å²) in [5.74, 6) is 0.610. The van der Waals surface area contributed by atoms with Crippen LogP contribution in [0.3, 0.4) is 0 Å². The molecule has 1 atom stereocenters. The average molecular weight is 351 g/mol. The van der Waals surface area contributed by atoms with Gasteiger partial charge in [0.25, 0.3) is 0 Å². The van der Waals surface area contributed by atoms with Gasteiger partial charge in [-0.25, -0.2) is 4.98 Å². The van der Waals surface area contributed by atoms with Crippen LogP contribution in [0, 0.1) is 0 Å². The lowest BCUT2D eigenvalue weighted by Crippen LogP contribution is -2.21. The van der Waals surface area contributed by atoms with Gasteiger partial charge in [-0.3, -0.25) is 0 Å². The van der Waals surface area contributed by atoms with E-state index in [-0.39, 0.29) is 0 Å². The molecule has 0 spiro atoms. The molecular weight excluding hydrogens is 332 g/mol. The minimum atomic E-state index is 0.610. The Balaban J connectivity index is 1.80. The first-order valence-corrected chi connectivity index (χ1v) is 8.74. The molecule has 1 unspecified atom stereocenters. The second kappa shape index (κ2) is 6.37. The molecule has 0 bridgehead atoms. The molecule has 4 heteroatoms. The van der Waals surface area contributed by atoms with E-state index in [1.54, 1.807) is 0 Å². The van der Waals surface area contributed by atoms with Gasteiger partial charge in [-0.15, -0.1) is 11.3 Å². The monoisotopic (exact) mass is 350 g/mol. The zero-order chi connectivity index (χ0) is 13.9.